The molecule has 0 aromatic rings. The van der Waals surface area contributed by atoms with Gasteiger partial charge in [0.05, 0.1) is 13.2 Å². The Morgan fingerprint density at radius 2 is 2.06 bits per heavy atom. The molecule has 1 aliphatic rings. The molecule has 0 radical (unpaired) electrons. The summed E-state index contributed by atoms with van der Waals surface area (Å²) in [6.07, 6.45) is -0.464. The monoisotopic (exact) mass is 243 g/mol. The van der Waals surface area contributed by atoms with Crippen LogP contribution in [0.5, 0.6) is 0 Å². The summed E-state index contributed by atoms with van der Waals surface area (Å²) in [5.41, 5.74) is -0.152. The number of rotatable bonds is 3. The average molecular weight is 243 g/mol. The molecule has 0 aromatic heterocycles. The van der Waals surface area contributed by atoms with Crippen LogP contribution in [0.3, 0.4) is 0 Å². The molecule has 1 saturated heterocycles. The molecule has 0 bridgehead atoms. The van der Waals surface area contributed by atoms with Crippen molar-refractivity contribution in [3.63, 3.8) is 0 Å². The smallest absolute Gasteiger partial charge is 0.315 e. The molecule has 1 amide bonds. The molecular weight excluding hydrogens is 222 g/mol. The molecule has 0 N–H and O–H groups in total. The molecule has 0 saturated carbocycles. The van der Waals surface area contributed by atoms with Crippen molar-refractivity contribution in [2.45, 2.75) is 40.3 Å². The first kappa shape index (κ1) is 14.0. The molecule has 0 aromatic carbocycles. The summed E-state index contributed by atoms with van der Waals surface area (Å²) in [5.74, 6) is -0.696. The van der Waals surface area contributed by atoms with Gasteiger partial charge in [0, 0.05) is 12.0 Å². The van der Waals surface area contributed by atoms with Crippen molar-refractivity contribution in [3.05, 3.63) is 0 Å². The van der Waals surface area contributed by atoms with Crippen LogP contribution in [0.15, 0.2) is 0 Å². The Morgan fingerprint density at radius 1 is 1.41 bits per heavy atom. The summed E-state index contributed by atoms with van der Waals surface area (Å²) in [6, 6.07) is 0. The maximum absolute atomic E-state index is 11.9. The Labute approximate surface area is 102 Å². The minimum Gasteiger partial charge on any atom is -0.466 e. The van der Waals surface area contributed by atoms with Crippen LogP contribution in [-0.2, 0) is 19.1 Å². The molecule has 1 atom stereocenters. The number of nitrogens with zero attached hydrogens (tertiary/aromatic N) is 1. The summed E-state index contributed by atoms with van der Waals surface area (Å²) in [4.78, 5) is 24.8. The number of carbonyl (C=O) groups is 2. The van der Waals surface area contributed by atoms with Gasteiger partial charge in [0.25, 0.3) is 0 Å². The van der Waals surface area contributed by atoms with E-state index in [0.29, 0.717) is 19.8 Å². The third kappa shape index (κ3) is 3.70. The van der Waals surface area contributed by atoms with Crippen molar-refractivity contribution in [2.24, 2.45) is 5.41 Å². The van der Waals surface area contributed by atoms with Crippen LogP contribution in [0.25, 0.3) is 0 Å². The molecule has 1 aliphatic heterocycles. The summed E-state index contributed by atoms with van der Waals surface area (Å²) in [6.45, 7) is 9.11. The second-order valence-corrected chi connectivity index (χ2v) is 5.16. The summed E-state index contributed by atoms with van der Waals surface area (Å²) in [7, 11) is 0. The Morgan fingerprint density at radius 3 is 2.59 bits per heavy atom. The maximum atomic E-state index is 11.9. The number of ether oxygens (including phenoxy) is 2. The Bertz CT molecular complexity index is 295. The lowest BCUT2D eigenvalue weighted by molar-refractivity contribution is -0.152. The van der Waals surface area contributed by atoms with Gasteiger partial charge < -0.3 is 14.4 Å². The van der Waals surface area contributed by atoms with Crippen LogP contribution >= 0.6 is 0 Å². The summed E-state index contributed by atoms with van der Waals surface area (Å²) in [5, 5.41) is 0. The van der Waals surface area contributed by atoms with Gasteiger partial charge in [0.15, 0.2) is 0 Å². The second-order valence-electron chi connectivity index (χ2n) is 5.16. The van der Waals surface area contributed by atoms with E-state index in [-0.39, 0.29) is 24.0 Å². The van der Waals surface area contributed by atoms with Gasteiger partial charge in [-0.15, -0.1) is 0 Å². The fourth-order valence-electron chi connectivity index (χ4n) is 1.88. The summed E-state index contributed by atoms with van der Waals surface area (Å²) < 4.78 is 10.3. The molecular formula is C12H21NO4. The summed E-state index contributed by atoms with van der Waals surface area (Å²) >= 11 is 0. The molecule has 1 fully saturated rings. The zero-order chi connectivity index (χ0) is 13.1. The van der Waals surface area contributed by atoms with Gasteiger partial charge in [-0.1, -0.05) is 20.8 Å². The second kappa shape index (κ2) is 5.49. The lowest BCUT2D eigenvalue weighted by atomic mass is 9.93. The topological polar surface area (TPSA) is 55.8 Å². The van der Waals surface area contributed by atoms with Crippen molar-refractivity contribution < 1.29 is 19.1 Å². The average Bonchev–Trinajstić information content (AvgIpc) is 2.65. The van der Waals surface area contributed by atoms with Crippen LogP contribution in [-0.4, -0.2) is 42.8 Å². The highest BCUT2D eigenvalue weighted by molar-refractivity contribution is 5.94. The van der Waals surface area contributed by atoms with E-state index < -0.39 is 5.97 Å². The van der Waals surface area contributed by atoms with Crippen molar-refractivity contribution in [1.29, 1.82) is 0 Å². The predicted molar refractivity (Wildman–Crippen MR) is 62.2 cm³/mol. The first-order chi connectivity index (χ1) is 7.86. The van der Waals surface area contributed by atoms with Crippen molar-refractivity contribution in [3.8, 4) is 0 Å². The minimum atomic E-state index is -0.475. The molecule has 1 heterocycles. The Balaban J connectivity index is 2.59. The zero-order valence-electron chi connectivity index (χ0n) is 11.0. The fraction of sp³-hybridized carbons (Fsp3) is 0.833. The van der Waals surface area contributed by atoms with Crippen LogP contribution in [0.4, 0.5) is 0 Å². The predicted octanol–water partition coefficient (Wildman–Crippen LogP) is 1.17. The van der Waals surface area contributed by atoms with Crippen molar-refractivity contribution >= 4 is 11.9 Å². The minimum absolute atomic E-state index is 0.152. The molecule has 17 heavy (non-hydrogen) atoms. The van der Waals surface area contributed by atoms with Crippen LogP contribution in [0.1, 0.15) is 34.1 Å². The van der Waals surface area contributed by atoms with Gasteiger partial charge in [-0.2, -0.15) is 0 Å². The van der Waals surface area contributed by atoms with Gasteiger partial charge in [-0.05, 0) is 6.92 Å². The molecule has 0 aliphatic carbocycles. The largest absolute Gasteiger partial charge is 0.466 e. The first-order valence-electron chi connectivity index (χ1n) is 5.93. The number of carbonyl (C=O) groups excluding carboxylic acids is 2. The quantitative estimate of drug-likeness (QED) is 0.551. The lowest BCUT2D eigenvalue weighted by Gasteiger charge is -2.33. The van der Waals surface area contributed by atoms with E-state index in [9.17, 15) is 9.59 Å². The van der Waals surface area contributed by atoms with Crippen molar-refractivity contribution in [1.82, 2.24) is 4.90 Å². The highest BCUT2D eigenvalue weighted by atomic mass is 16.5. The Kier molecular flexibility index (Phi) is 4.51. The lowest BCUT2D eigenvalue weighted by Crippen LogP contribution is -2.44. The highest BCUT2D eigenvalue weighted by Crippen LogP contribution is 2.29. The third-order valence-corrected chi connectivity index (χ3v) is 2.55. The van der Waals surface area contributed by atoms with Crippen LogP contribution in [0.2, 0.25) is 0 Å². The van der Waals surface area contributed by atoms with E-state index in [0.717, 1.165) is 0 Å². The van der Waals surface area contributed by atoms with Gasteiger partial charge >= 0.3 is 5.97 Å². The van der Waals surface area contributed by atoms with E-state index in [1.54, 1.807) is 11.8 Å². The molecule has 5 heteroatoms. The normalized spacial score (nSPS) is 20.5. The van der Waals surface area contributed by atoms with Gasteiger partial charge in [-0.25, -0.2) is 0 Å². The molecule has 1 rings (SSSR count). The SMILES string of the molecule is CCOC(=O)CC(=O)N1CCO[C@@H]1C(C)(C)C. The van der Waals surface area contributed by atoms with E-state index >= 15 is 0 Å². The Hall–Kier alpha value is -1.10. The molecule has 5 nitrogen and oxygen atoms in total. The maximum Gasteiger partial charge on any atom is 0.315 e. The molecule has 98 valence electrons. The first-order valence-corrected chi connectivity index (χ1v) is 5.93. The van der Waals surface area contributed by atoms with Gasteiger partial charge in [-0.3, -0.25) is 9.59 Å². The molecule has 0 unspecified atom stereocenters. The number of hydrogen-bond acceptors (Lipinski definition) is 4. The van der Waals surface area contributed by atoms with Gasteiger partial charge in [0.2, 0.25) is 5.91 Å². The van der Waals surface area contributed by atoms with Crippen LogP contribution in [0, 0.1) is 5.41 Å². The number of esters is 1. The fourth-order valence-corrected chi connectivity index (χ4v) is 1.88. The zero-order valence-corrected chi connectivity index (χ0v) is 11.0. The molecule has 0 spiro atoms. The van der Waals surface area contributed by atoms with Crippen LogP contribution < -0.4 is 0 Å². The van der Waals surface area contributed by atoms with E-state index in [1.807, 2.05) is 20.8 Å². The number of hydrogen-bond donors (Lipinski definition) is 0. The number of amides is 1. The van der Waals surface area contributed by atoms with E-state index in [1.165, 1.54) is 0 Å². The standard InChI is InChI=1S/C12H21NO4/c1-5-16-10(15)8-9(14)13-6-7-17-11(13)12(2,3)4/h11H,5-8H2,1-4H3/t11-/m1/s1. The highest BCUT2D eigenvalue weighted by Gasteiger charge is 2.38. The van der Waals surface area contributed by atoms with E-state index in [2.05, 4.69) is 0 Å². The third-order valence-electron chi connectivity index (χ3n) is 2.55. The van der Waals surface area contributed by atoms with E-state index in [4.69, 9.17) is 9.47 Å². The van der Waals surface area contributed by atoms with Gasteiger partial charge in [0.1, 0.15) is 12.6 Å². The van der Waals surface area contributed by atoms with Crippen molar-refractivity contribution in [2.75, 3.05) is 19.8 Å².